The lowest BCUT2D eigenvalue weighted by atomic mass is 10.0. The third-order valence-corrected chi connectivity index (χ3v) is 3.38. The number of hydrogen-bond acceptors (Lipinski definition) is 3. The van der Waals surface area contributed by atoms with E-state index in [1.54, 1.807) is 7.11 Å². The lowest BCUT2D eigenvalue weighted by Crippen LogP contribution is -2.24. The van der Waals surface area contributed by atoms with Crippen molar-refractivity contribution in [2.45, 2.75) is 20.3 Å². The van der Waals surface area contributed by atoms with Crippen LogP contribution in [0.25, 0.3) is 0 Å². The highest BCUT2D eigenvalue weighted by Gasteiger charge is 2.07. The normalized spacial score (nSPS) is 11.5. The highest BCUT2D eigenvalue weighted by molar-refractivity contribution is 7.88. The minimum absolute atomic E-state index is 0.387. The number of aryl methyl sites for hydroxylation is 2. The Balaban J connectivity index is 2.80. The van der Waals surface area contributed by atoms with Crippen molar-refractivity contribution in [2.75, 3.05) is 19.9 Å². The largest absolute Gasteiger partial charge is 0.496 e. The van der Waals surface area contributed by atoms with E-state index in [0.29, 0.717) is 13.0 Å². The monoisotopic (exact) mass is 257 g/mol. The minimum Gasteiger partial charge on any atom is -0.496 e. The van der Waals surface area contributed by atoms with Gasteiger partial charge in [0.05, 0.1) is 13.4 Å². The standard InChI is InChI=1S/C12H19NO3S/c1-9-7-11(5-6-13-17(4,14)15)12(16-3)8-10(9)2/h7-8,13H,5-6H2,1-4H3. The number of benzene rings is 1. The number of rotatable bonds is 5. The SMILES string of the molecule is COc1cc(C)c(C)cc1CCNS(C)(=O)=O. The molecular weight excluding hydrogens is 238 g/mol. The summed E-state index contributed by atoms with van der Waals surface area (Å²) in [5.74, 6) is 0.809. The Labute approximate surface area is 103 Å². The van der Waals surface area contributed by atoms with Gasteiger partial charge in [0.2, 0.25) is 10.0 Å². The highest BCUT2D eigenvalue weighted by Crippen LogP contribution is 2.23. The zero-order valence-electron chi connectivity index (χ0n) is 10.7. The maximum Gasteiger partial charge on any atom is 0.208 e. The molecule has 0 saturated carbocycles. The average molecular weight is 257 g/mol. The van der Waals surface area contributed by atoms with Crippen molar-refractivity contribution in [3.63, 3.8) is 0 Å². The first-order valence-corrected chi connectivity index (χ1v) is 7.31. The van der Waals surface area contributed by atoms with Crippen LogP contribution in [0.4, 0.5) is 0 Å². The fourth-order valence-corrected chi connectivity index (χ4v) is 2.08. The summed E-state index contributed by atoms with van der Waals surface area (Å²) < 4.78 is 29.7. The first-order chi connectivity index (χ1) is 7.83. The van der Waals surface area contributed by atoms with Gasteiger partial charge in [-0.3, -0.25) is 0 Å². The Morgan fingerprint density at radius 2 is 1.82 bits per heavy atom. The lowest BCUT2D eigenvalue weighted by Gasteiger charge is -2.11. The molecular formula is C12H19NO3S. The third-order valence-electron chi connectivity index (χ3n) is 2.66. The van der Waals surface area contributed by atoms with E-state index in [0.717, 1.165) is 17.6 Å². The van der Waals surface area contributed by atoms with Gasteiger partial charge < -0.3 is 4.74 Å². The molecule has 0 heterocycles. The molecule has 0 aromatic heterocycles. The van der Waals surface area contributed by atoms with Crippen LogP contribution in [0.3, 0.4) is 0 Å². The molecule has 0 bridgehead atoms. The van der Waals surface area contributed by atoms with Gasteiger partial charge in [-0.15, -0.1) is 0 Å². The number of sulfonamides is 1. The van der Waals surface area contributed by atoms with Crippen molar-refractivity contribution in [1.29, 1.82) is 0 Å². The Bertz CT molecular complexity index is 495. The van der Waals surface area contributed by atoms with Crippen molar-refractivity contribution in [1.82, 2.24) is 4.72 Å². The molecule has 1 aromatic rings. The van der Waals surface area contributed by atoms with Crippen LogP contribution in [0.2, 0.25) is 0 Å². The molecule has 96 valence electrons. The molecule has 5 heteroatoms. The number of ether oxygens (including phenoxy) is 1. The van der Waals surface area contributed by atoms with E-state index >= 15 is 0 Å². The molecule has 0 atom stereocenters. The van der Waals surface area contributed by atoms with Crippen LogP contribution >= 0.6 is 0 Å². The Morgan fingerprint density at radius 3 is 2.35 bits per heavy atom. The Morgan fingerprint density at radius 1 is 1.24 bits per heavy atom. The summed E-state index contributed by atoms with van der Waals surface area (Å²) in [5, 5.41) is 0. The predicted molar refractivity (Wildman–Crippen MR) is 69.0 cm³/mol. The highest BCUT2D eigenvalue weighted by atomic mass is 32.2. The first kappa shape index (κ1) is 14.0. The van der Waals surface area contributed by atoms with Crippen molar-refractivity contribution in [3.05, 3.63) is 28.8 Å². The lowest BCUT2D eigenvalue weighted by molar-refractivity contribution is 0.409. The first-order valence-electron chi connectivity index (χ1n) is 5.42. The maximum atomic E-state index is 11.0. The van der Waals surface area contributed by atoms with Crippen molar-refractivity contribution < 1.29 is 13.2 Å². The van der Waals surface area contributed by atoms with Crippen LogP contribution in [0, 0.1) is 13.8 Å². The summed E-state index contributed by atoms with van der Waals surface area (Å²) in [4.78, 5) is 0. The van der Waals surface area contributed by atoms with Gasteiger partial charge in [0.1, 0.15) is 5.75 Å². The van der Waals surface area contributed by atoms with Gasteiger partial charge in [-0.05, 0) is 43.0 Å². The number of nitrogens with one attached hydrogen (secondary N) is 1. The molecule has 0 fully saturated rings. The summed E-state index contributed by atoms with van der Waals surface area (Å²) in [5.41, 5.74) is 3.37. The van der Waals surface area contributed by atoms with Crippen molar-refractivity contribution >= 4 is 10.0 Å². The van der Waals surface area contributed by atoms with Gasteiger partial charge >= 0.3 is 0 Å². The van der Waals surface area contributed by atoms with E-state index in [1.807, 2.05) is 26.0 Å². The summed E-state index contributed by atoms with van der Waals surface area (Å²) >= 11 is 0. The van der Waals surface area contributed by atoms with Gasteiger partial charge in [-0.2, -0.15) is 0 Å². The Kier molecular flexibility index (Phi) is 4.54. The average Bonchev–Trinajstić information content (AvgIpc) is 2.21. The van der Waals surface area contributed by atoms with E-state index in [9.17, 15) is 8.42 Å². The maximum absolute atomic E-state index is 11.0. The quantitative estimate of drug-likeness (QED) is 0.867. The van der Waals surface area contributed by atoms with Gasteiger partial charge in [0, 0.05) is 6.54 Å². The van der Waals surface area contributed by atoms with Crippen LogP contribution in [0.5, 0.6) is 5.75 Å². The molecule has 0 amide bonds. The molecule has 0 aliphatic heterocycles. The second kappa shape index (κ2) is 5.51. The molecule has 0 aliphatic rings. The van der Waals surface area contributed by atoms with E-state index in [-0.39, 0.29) is 0 Å². The minimum atomic E-state index is -3.12. The fourth-order valence-electron chi connectivity index (χ4n) is 1.61. The Hall–Kier alpha value is -1.07. The van der Waals surface area contributed by atoms with Crippen molar-refractivity contribution in [3.8, 4) is 5.75 Å². The van der Waals surface area contributed by atoms with E-state index in [4.69, 9.17) is 4.74 Å². The third kappa shape index (κ3) is 4.36. The predicted octanol–water partition coefficient (Wildman–Crippen LogP) is 1.40. The van der Waals surface area contributed by atoms with Crippen LogP contribution in [0.15, 0.2) is 12.1 Å². The second-order valence-corrected chi connectivity index (χ2v) is 6.00. The molecule has 1 N–H and O–H groups in total. The molecule has 0 aliphatic carbocycles. The second-order valence-electron chi connectivity index (χ2n) is 4.16. The van der Waals surface area contributed by atoms with Crippen LogP contribution in [-0.2, 0) is 16.4 Å². The number of hydrogen-bond donors (Lipinski definition) is 1. The van der Waals surface area contributed by atoms with Crippen LogP contribution in [-0.4, -0.2) is 28.3 Å². The fraction of sp³-hybridized carbons (Fsp3) is 0.500. The van der Waals surface area contributed by atoms with E-state index in [2.05, 4.69) is 4.72 Å². The summed E-state index contributed by atoms with van der Waals surface area (Å²) in [6.45, 7) is 4.44. The van der Waals surface area contributed by atoms with E-state index in [1.165, 1.54) is 11.1 Å². The summed E-state index contributed by atoms with van der Waals surface area (Å²) in [6.07, 6.45) is 1.78. The van der Waals surface area contributed by atoms with Gasteiger partial charge in [-0.1, -0.05) is 6.07 Å². The zero-order valence-corrected chi connectivity index (χ0v) is 11.5. The molecule has 0 saturated heterocycles. The van der Waals surface area contributed by atoms with Gasteiger partial charge in [-0.25, -0.2) is 13.1 Å². The molecule has 4 nitrogen and oxygen atoms in total. The van der Waals surface area contributed by atoms with Crippen LogP contribution < -0.4 is 9.46 Å². The molecule has 0 spiro atoms. The van der Waals surface area contributed by atoms with E-state index < -0.39 is 10.0 Å². The molecule has 0 radical (unpaired) electrons. The molecule has 0 unspecified atom stereocenters. The summed E-state index contributed by atoms with van der Waals surface area (Å²) in [6, 6.07) is 4.02. The summed E-state index contributed by atoms with van der Waals surface area (Å²) in [7, 11) is -1.50. The molecule has 1 rings (SSSR count). The van der Waals surface area contributed by atoms with Crippen LogP contribution in [0.1, 0.15) is 16.7 Å². The smallest absolute Gasteiger partial charge is 0.208 e. The molecule has 17 heavy (non-hydrogen) atoms. The number of methoxy groups -OCH3 is 1. The topological polar surface area (TPSA) is 55.4 Å². The van der Waals surface area contributed by atoms with Gasteiger partial charge in [0.15, 0.2) is 0 Å². The van der Waals surface area contributed by atoms with Gasteiger partial charge in [0.25, 0.3) is 0 Å². The van der Waals surface area contributed by atoms with Crippen molar-refractivity contribution in [2.24, 2.45) is 0 Å². The molecule has 1 aromatic carbocycles. The zero-order chi connectivity index (χ0) is 13.1.